The molecule has 1 N–H and O–H groups in total. The molecule has 0 spiro atoms. The molecule has 2 aliphatic heterocycles. The molecular weight excluding hydrogens is 402 g/mol. The second-order valence-corrected chi connectivity index (χ2v) is 9.04. The second kappa shape index (κ2) is 7.23. The van der Waals surface area contributed by atoms with Gasteiger partial charge in [-0.15, -0.1) is 0 Å². The Kier molecular flexibility index (Phi) is 4.59. The van der Waals surface area contributed by atoms with Crippen LogP contribution >= 0.6 is 0 Å². The van der Waals surface area contributed by atoms with Crippen molar-refractivity contribution in [3.05, 3.63) is 71.3 Å². The molecule has 5 rings (SSSR count). The summed E-state index contributed by atoms with van der Waals surface area (Å²) in [5.41, 5.74) is 1.49. The molecule has 2 heterocycles. The molecule has 1 amide bonds. The SMILES string of the molecule is CC1Oc2c(cc(C(=O)Nc3cccc4ccccc34)c3c2C=CC(C)(C)O3)C(=O)C1C. The van der Waals surface area contributed by atoms with Crippen molar-refractivity contribution in [1.29, 1.82) is 0 Å². The Morgan fingerprint density at radius 1 is 1.03 bits per heavy atom. The van der Waals surface area contributed by atoms with Gasteiger partial charge in [0, 0.05) is 11.1 Å². The van der Waals surface area contributed by atoms with Crippen LogP contribution in [0, 0.1) is 5.92 Å². The van der Waals surface area contributed by atoms with E-state index in [-0.39, 0.29) is 23.7 Å². The topological polar surface area (TPSA) is 64.6 Å². The Balaban J connectivity index is 1.65. The zero-order valence-corrected chi connectivity index (χ0v) is 18.6. The molecule has 2 unspecified atom stereocenters. The van der Waals surface area contributed by atoms with E-state index in [1.807, 2.05) is 82.3 Å². The zero-order chi connectivity index (χ0) is 22.6. The minimum absolute atomic E-state index is 0.0287. The fraction of sp³-hybridized carbons (Fsp3) is 0.259. The van der Waals surface area contributed by atoms with E-state index in [0.29, 0.717) is 33.9 Å². The van der Waals surface area contributed by atoms with Crippen molar-refractivity contribution in [2.24, 2.45) is 5.92 Å². The minimum atomic E-state index is -0.590. The smallest absolute Gasteiger partial charge is 0.259 e. The van der Waals surface area contributed by atoms with Crippen LogP contribution in [-0.4, -0.2) is 23.4 Å². The van der Waals surface area contributed by atoms with Crippen molar-refractivity contribution in [2.45, 2.75) is 39.4 Å². The first-order valence-corrected chi connectivity index (χ1v) is 10.8. The standard InChI is InChI=1S/C27H25NO4/c1-15-16(2)31-24-19-12-13-27(3,4)32-25(19)21(14-20(24)23(15)29)26(30)28-22-11-7-9-17-8-5-6-10-18(17)22/h5-16H,1-4H3,(H,28,30). The average Bonchev–Trinajstić information content (AvgIpc) is 2.76. The molecule has 162 valence electrons. The molecule has 0 fully saturated rings. The lowest BCUT2D eigenvalue weighted by molar-refractivity contribution is 0.0726. The quantitative estimate of drug-likeness (QED) is 0.555. The van der Waals surface area contributed by atoms with E-state index in [1.54, 1.807) is 6.07 Å². The first kappa shape index (κ1) is 20.3. The van der Waals surface area contributed by atoms with Gasteiger partial charge in [-0.3, -0.25) is 9.59 Å². The number of carbonyl (C=O) groups excluding carboxylic acids is 2. The summed E-state index contributed by atoms with van der Waals surface area (Å²) in [6, 6.07) is 15.3. The monoisotopic (exact) mass is 427 g/mol. The molecule has 3 aromatic rings. The van der Waals surface area contributed by atoms with E-state index >= 15 is 0 Å². The number of Topliss-reactive ketones (excluding diaryl/α,β-unsaturated/α-hetero) is 1. The highest BCUT2D eigenvalue weighted by Crippen LogP contribution is 2.45. The minimum Gasteiger partial charge on any atom is -0.488 e. The number of hydrogen-bond donors (Lipinski definition) is 1. The fourth-order valence-corrected chi connectivity index (χ4v) is 4.26. The first-order valence-electron chi connectivity index (χ1n) is 10.8. The lowest BCUT2D eigenvalue weighted by Gasteiger charge is -2.34. The summed E-state index contributed by atoms with van der Waals surface area (Å²) in [6.07, 6.45) is 3.55. The number of ketones is 1. The summed E-state index contributed by atoms with van der Waals surface area (Å²) < 4.78 is 12.3. The van der Waals surface area contributed by atoms with Gasteiger partial charge < -0.3 is 14.8 Å². The van der Waals surface area contributed by atoms with Gasteiger partial charge in [0.25, 0.3) is 5.91 Å². The molecule has 0 aliphatic carbocycles. The molecule has 5 nitrogen and oxygen atoms in total. The van der Waals surface area contributed by atoms with E-state index < -0.39 is 5.60 Å². The van der Waals surface area contributed by atoms with Gasteiger partial charge in [0.1, 0.15) is 23.2 Å². The Hall–Kier alpha value is -3.60. The van der Waals surface area contributed by atoms with Crippen LogP contribution in [0.3, 0.4) is 0 Å². The number of fused-ring (bicyclic) bond motifs is 4. The maximum atomic E-state index is 13.5. The molecule has 3 aromatic carbocycles. The molecule has 32 heavy (non-hydrogen) atoms. The van der Waals surface area contributed by atoms with E-state index in [2.05, 4.69) is 5.32 Å². The highest BCUT2D eigenvalue weighted by atomic mass is 16.5. The van der Waals surface area contributed by atoms with Crippen molar-refractivity contribution < 1.29 is 19.1 Å². The summed E-state index contributed by atoms with van der Waals surface area (Å²) >= 11 is 0. The molecule has 2 atom stereocenters. The molecule has 0 aromatic heterocycles. The highest BCUT2D eigenvalue weighted by molar-refractivity contribution is 6.13. The Morgan fingerprint density at radius 2 is 1.78 bits per heavy atom. The number of rotatable bonds is 2. The van der Waals surface area contributed by atoms with E-state index in [1.165, 1.54) is 0 Å². The largest absolute Gasteiger partial charge is 0.488 e. The lowest BCUT2D eigenvalue weighted by atomic mass is 9.87. The molecule has 2 aliphatic rings. The molecule has 5 heteroatoms. The van der Waals surface area contributed by atoms with E-state index in [0.717, 1.165) is 10.8 Å². The van der Waals surface area contributed by atoms with Gasteiger partial charge in [-0.05, 0) is 50.4 Å². The third-order valence-corrected chi connectivity index (χ3v) is 6.25. The van der Waals surface area contributed by atoms with Gasteiger partial charge >= 0.3 is 0 Å². The van der Waals surface area contributed by atoms with Crippen LogP contribution in [0.2, 0.25) is 0 Å². The van der Waals surface area contributed by atoms with Crippen molar-refractivity contribution in [3.63, 3.8) is 0 Å². The number of anilines is 1. The first-order chi connectivity index (χ1) is 15.2. The van der Waals surface area contributed by atoms with Crippen LogP contribution in [0.1, 0.15) is 54.0 Å². The van der Waals surface area contributed by atoms with Gasteiger partial charge in [-0.1, -0.05) is 43.3 Å². The van der Waals surface area contributed by atoms with Gasteiger partial charge in [0.2, 0.25) is 0 Å². The number of amides is 1. The van der Waals surface area contributed by atoms with Gasteiger partial charge in [0.05, 0.1) is 22.6 Å². The molecule has 0 saturated heterocycles. The van der Waals surface area contributed by atoms with Crippen LogP contribution in [0.15, 0.2) is 54.6 Å². The van der Waals surface area contributed by atoms with E-state index in [9.17, 15) is 9.59 Å². The summed E-state index contributed by atoms with van der Waals surface area (Å²) in [4.78, 5) is 26.6. The third kappa shape index (κ3) is 3.25. The summed E-state index contributed by atoms with van der Waals surface area (Å²) in [7, 11) is 0. The molecular formula is C27H25NO4. The van der Waals surface area contributed by atoms with Crippen LogP contribution in [0.5, 0.6) is 11.5 Å². The van der Waals surface area contributed by atoms with Crippen LogP contribution in [0.25, 0.3) is 16.8 Å². The maximum Gasteiger partial charge on any atom is 0.259 e. The van der Waals surface area contributed by atoms with Gasteiger partial charge in [-0.2, -0.15) is 0 Å². The predicted octanol–water partition coefficient (Wildman–Crippen LogP) is 5.88. The number of benzene rings is 3. The second-order valence-electron chi connectivity index (χ2n) is 9.04. The van der Waals surface area contributed by atoms with Crippen molar-refractivity contribution in [3.8, 4) is 11.5 Å². The predicted molar refractivity (Wildman–Crippen MR) is 126 cm³/mol. The van der Waals surface area contributed by atoms with Crippen molar-refractivity contribution in [2.75, 3.05) is 5.32 Å². The summed E-state index contributed by atoms with van der Waals surface area (Å²) in [5.74, 6) is 0.275. The lowest BCUT2D eigenvalue weighted by Crippen LogP contribution is -2.36. The maximum absolute atomic E-state index is 13.5. The van der Waals surface area contributed by atoms with Crippen molar-refractivity contribution >= 4 is 34.2 Å². The number of hydrogen-bond acceptors (Lipinski definition) is 4. The van der Waals surface area contributed by atoms with Gasteiger partial charge in [-0.25, -0.2) is 0 Å². The normalized spacial score (nSPS) is 20.7. The molecule has 0 saturated carbocycles. The third-order valence-electron chi connectivity index (χ3n) is 6.25. The Bertz CT molecular complexity index is 1300. The van der Waals surface area contributed by atoms with Crippen molar-refractivity contribution in [1.82, 2.24) is 0 Å². The Morgan fingerprint density at radius 3 is 2.59 bits per heavy atom. The van der Waals surface area contributed by atoms with Crippen LogP contribution in [-0.2, 0) is 0 Å². The highest BCUT2D eigenvalue weighted by Gasteiger charge is 2.38. The van der Waals surface area contributed by atoms with Crippen LogP contribution in [0.4, 0.5) is 5.69 Å². The fourth-order valence-electron chi connectivity index (χ4n) is 4.26. The molecule has 0 bridgehead atoms. The molecule has 0 radical (unpaired) electrons. The number of nitrogens with one attached hydrogen (secondary N) is 1. The average molecular weight is 428 g/mol. The number of ether oxygens (including phenoxy) is 2. The van der Waals surface area contributed by atoms with Crippen LogP contribution < -0.4 is 14.8 Å². The van der Waals surface area contributed by atoms with E-state index in [4.69, 9.17) is 9.47 Å². The Labute approximate surface area is 187 Å². The zero-order valence-electron chi connectivity index (χ0n) is 18.6. The summed E-state index contributed by atoms with van der Waals surface area (Å²) in [5, 5.41) is 5.00. The number of carbonyl (C=O) groups is 2. The summed E-state index contributed by atoms with van der Waals surface area (Å²) in [6.45, 7) is 7.58. The van der Waals surface area contributed by atoms with Gasteiger partial charge in [0.15, 0.2) is 5.78 Å².